The normalized spacial score (nSPS) is 10.2. The summed E-state index contributed by atoms with van der Waals surface area (Å²) in [6, 6.07) is 11.5. The van der Waals surface area contributed by atoms with Crippen LogP contribution in [-0.4, -0.2) is 10.2 Å². The van der Waals surface area contributed by atoms with Gasteiger partial charge in [-0.15, -0.1) is 0 Å². The highest BCUT2D eigenvalue weighted by Crippen LogP contribution is 2.35. The second kappa shape index (κ2) is 3.83. The Kier molecular flexibility index (Phi) is 2.52. The summed E-state index contributed by atoms with van der Waals surface area (Å²) in [4.78, 5) is 0. The number of rotatable bonds is 1. The maximum Gasteiger partial charge on any atom is 0.123 e. The molecular formula is C12H9ClO2. The van der Waals surface area contributed by atoms with Crippen molar-refractivity contribution in [1.82, 2.24) is 0 Å². The molecule has 2 aromatic carbocycles. The van der Waals surface area contributed by atoms with Crippen LogP contribution in [0.5, 0.6) is 11.5 Å². The summed E-state index contributed by atoms with van der Waals surface area (Å²) in [6.07, 6.45) is 0. The van der Waals surface area contributed by atoms with Crippen LogP contribution in [0, 0.1) is 0 Å². The summed E-state index contributed by atoms with van der Waals surface area (Å²) in [5.41, 5.74) is 1.23. The third-order valence-corrected chi connectivity index (χ3v) is 2.47. The molecule has 0 spiro atoms. The molecule has 0 atom stereocenters. The Morgan fingerprint density at radius 2 is 1.60 bits per heavy atom. The summed E-state index contributed by atoms with van der Waals surface area (Å²) >= 11 is 5.98. The van der Waals surface area contributed by atoms with Gasteiger partial charge in [-0.05, 0) is 24.3 Å². The molecule has 0 aliphatic carbocycles. The average Bonchev–Trinajstić information content (AvgIpc) is 2.23. The Bertz CT molecular complexity index is 495. The van der Waals surface area contributed by atoms with Gasteiger partial charge in [0.1, 0.15) is 11.5 Å². The predicted molar refractivity (Wildman–Crippen MR) is 60.2 cm³/mol. The fourth-order valence-corrected chi connectivity index (χ4v) is 1.64. The topological polar surface area (TPSA) is 40.5 Å². The Morgan fingerprint density at radius 3 is 2.33 bits per heavy atom. The van der Waals surface area contributed by atoms with E-state index in [1.54, 1.807) is 30.3 Å². The minimum atomic E-state index is 0.123. The van der Waals surface area contributed by atoms with Crippen molar-refractivity contribution < 1.29 is 10.2 Å². The molecule has 76 valence electrons. The first-order valence-electron chi connectivity index (χ1n) is 4.45. The van der Waals surface area contributed by atoms with Gasteiger partial charge >= 0.3 is 0 Å². The van der Waals surface area contributed by atoms with Gasteiger partial charge in [-0.1, -0.05) is 29.8 Å². The minimum absolute atomic E-state index is 0.123. The van der Waals surface area contributed by atoms with Gasteiger partial charge < -0.3 is 10.2 Å². The third-order valence-electron chi connectivity index (χ3n) is 2.14. The molecule has 0 heterocycles. The zero-order valence-electron chi connectivity index (χ0n) is 7.81. The summed E-state index contributed by atoms with van der Waals surface area (Å²) in [7, 11) is 0. The van der Waals surface area contributed by atoms with E-state index in [-0.39, 0.29) is 11.5 Å². The Labute approximate surface area is 92.4 Å². The number of benzene rings is 2. The van der Waals surface area contributed by atoms with Gasteiger partial charge in [0.05, 0.1) is 0 Å². The van der Waals surface area contributed by atoms with Crippen LogP contribution in [0.3, 0.4) is 0 Å². The first-order chi connectivity index (χ1) is 7.18. The van der Waals surface area contributed by atoms with Crippen molar-refractivity contribution in [3.63, 3.8) is 0 Å². The molecule has 2 nitrogen and oxygen atoms in total. The molecule has 0 saturated heterocycles. The van der Waals surface area contributed by atoms with Gasteiger partial charge in [0, 0.05) is 16.1 Å². The van der Waals surface area contributed by atoms with E-state index in [2.05, 4.69) is 0 Å². The minimum Gasteiger partial charge on any atom is -0.508 e. The van der Waals surface area contributed by atoms with Crippen LogP contribution >= 0.6 is 11.6 Å². The van der Waals surface area contributed by atoms with Crippen LogP contribution in [0.25, 0.3) is 11.1 Å². The number of phenols is 2. The Balaban J connectivity index is 2.64. The molecule has 0 aliphatic rings. The number of hydrogen-bond donors (Lipinski definition) is 2. The molecule has 0 radical (unpaired) electrons. The number of aromatic hydroxyl groups is 2. The molecule has 0 fully saturated rings. The van der Waals surface area contributed by atoms with E-state index < -0.39 is 0 Å². The van der Waals surface area contributed by atoms with Crippen LogP contribution in [0.2, 0.25) is 5.02 Å². The number of phenolic OH excluding ortho intramolecular Hbond substituents is 2. The first kappa shape index (κ1) is 9.87. The molecule has 2 aromatic rings. The zero-order chi connectivity index (χ0) is 10.8. The maximum absolute atomic E-state index is 9.64. The van der Waals surface area contributed by atoms with Crippen molar-refractivity contribution in [1.29, 1.82) is 0 Å². The van der Waals surface area contributed by atoms with Crippen molar-refractivity contribution >= 4 is 11.6 Å². The average molecular weight is 221 g/mol. The van der Waals surface area contributed by atoms with E-state index >= 15 is 0 Å². The molecule has 3 heteroatoms. The van der Waals surface area contributed by atoms with Crippen molar-refractivity contribution in [2.75, 3.05) is 0 Å². The van der Waals surface area contributed by atoms with Gasteiger partial charge in [0.15, 0.2) is 0 Å². The second-order valence-corrected chi connectivity index (χ2v) is 3.59. The van der Waals surface area contributed by atoms with Crippen molar-refractivity contribution in [3.8, 4) is 22.6 Å². The van der Waals surface area contributed by atoms with Gasteiger partial charge in [-0.3, -0.25) is 0 Å². The largest absolute Gasteiger partial charge is 0.508 e. The zero-order valence-corrected chi connectivity index (χ0v) is 8.57. The van der Waals surface area contributed by atoms with Gasteiger partial charge in [0.2, 0.25) is 0 Å². The van der Waals surface area contributed by atoms with Gasteiger partial charge in [-0.2, -0.15) is 0 Å². The van der Waals surface area contributed by atoms with Crippen LogP contribution in [0.15, 0.2) is 42.5 Å². The number of hydrogen-bond acceptors (Lipinski definition) is 2. The monoisotopic (exact) mass is 220 g/mol. The molecule has 2 N–H and O–H groups in total. The highest BCUT2D eigenvalue weighted by atomic mass is 35.5. The molecule has 0 amide bonds. The van der Waals surface area contributed by atoms with Crippen molar-refractivity contribution in [3.05, 3.63) is 47.5 Å². The maximum atomic E-state index is 9.64. The summed E-state index contributed by atoms with van der Waals surface area (Å²) < 4.78 is 0. The quantitative estimate of drug-likeness (QED) is 0.773. The predicted octanol–water partition coefficient (Wildman–Crippen LogP) is 3.42. The summed E-state index contributed by atoms with van der Waals surface area (Å²) in [6.45, 7) is 0. The Hall–Kier alpha value is -1.67. The molecule has 0 bridgehead atoms. The molecule has 0 aromatic heterocycles. The first-order valence-corrected chi connectivity index (χ1v) is 4.83. The van der Waals surface area contributed by atoms with Gasteiger partial charge in [-0.25, -0.2) is 0 Å². The fraction of sp³-hybridized carbons (Fsp3) is 0. The number of halogens is 1. The van der Waals surface area contributed by atoms with Crippen LogP contribution in [0.4, 0.5) is 0 Å². The molecule has 15 heavy (non-hydrogen) atoms. The highest BCUT2D eigenvalue weighted by molar-refractivity contribution is 6.33. The van der Waals surface area contributed by atoms with E-state index in [0.717, 1.165) is 0 Å². The lowest BCUT2D eigenvalue weighted by Gasteiger charge is -2.06. The number of para-hydroxylation sites is 1. The van der Waals surface area contributed by atoms with E-state index in [9.17, 15) is 10.2 Å². The third kappa shape index (κ3) is 1.90. The van der Waals surface area contributed by atoms with Crippen LogP contribution < -0.4 is 0 Å². The van der Waals surface area contributed by atoms with Crippen molar-refractivity contribution in [2.24, 2.45) is 0 Å². The smallest absolute Gasteiger partial charge is 0.123 e. The summed E-state index contributed by atoms with van der Waals surface area (Å²) in [5.74, 6) is 0.266. The van der Waals surface area contributed by atoms with Crippen molar-refractivity contribution in [2.45, 2.75) is 0 Å². The molecule has 2 rings (SSSR count). The molecule has 0 aliphatic heterocycles. The SMILES string of the molecule is Oc1ccc(Cl)c(-c2ccccc2O)c1. The molecular weight excluding hydrogens is 212 g/mol. The van der Waals surface area contributed by atoms with Crippen LogP contribution in [0.1, 0.15) is 0 Å². The lowest BCUT2D eigenvalue weighted by Crippen LogP contribution is -1.80. The lowest BCUT2D eigenvalue weighted by molar-refractivity contribution is 0.474. The Morgan fingerprint density at radius 1 is 0.867 bits per heavy atom. The van der Waals surface area contributed by atoms with E-state index in [4.69, 9.17) is 11.6 Å². The molecule has 0 unspecified atom stereocenters. The van der Waals surface area contributed by atoms with E-state index in [1.165, 1.54) is 12.1 Å². The van der Waals surface area contributed by atoms with Crippen LogP contribution in [-0.2, 0) is 0 Å². The second-order valence-electron chi connectivity index (χ2n) is 3.18. The fourth-order valence-electron chi connectivity index (χ4n) is 1.42. The standard InChI is InChI=1S/C12H9ClO2/c13-11-6-5-8(14)7-10(11)9-3-1-2-4-12(9)15/h1-7,14-15H. The summed E-state index contributed by atoms with van der Waals surface area (Å²) in [5, 5.41) is 19.5. The lowest BCUT2D eigenvalue weighted by atomic mass is 10.0. The van der Waals surface area contributed by atoms with Gasteiger partial charge in [0.25, 0.3) is 0 Å². The highest BCUT2D eigenvalue weighted by Gasteiger charge is 2.08. The molecule has 0 saturated carbocycles. The van der Waals surface area contributed by atoms with E-state index in [0.29, 0.717) is 16.1 Å². The van der Waals surface area contributed by atoms with E-state index in [1.807, 2.05) is 0 Å².